The highest BCUT2D eigenvalue weighted by Gasteiger charge is 2.26. The van der Waals surface area contributed by atoms with E-state index >= 15 is 0 Å². The van der Waals surface area contributed by atoms with Gasteiger partial charge in [0.15, 0.2) is 0 Å². The van der Waals surface area contributed by atoms with Gasteiger partial charge in [-0.2, -0.15) is 0 Å². The third kappa shape index (κ3) is 5.99. The minimum absolute atomic E-state index is 0.193. The highest BCUT2D eigenvalue weighted by Crippen LogP contribution is 2.28. The van der Waals surface area contributed by atoms with Crippen LogP contribution in [0.4, 0.5) is 5.82 Å². The Balaban J connectivity index is 1.27. The summed E-state index contributed by atoms with van der Waals surface area (Å²) < 4.78 is 0. The third-order valence-corrected chi connectivity index (χ3v) is 5.63. The molecule has 0 atom stereocenters. The van der Waals surface area contributed by atoms with Crippen molar-refractivity contribution in [3.05, 3.63) is 24.4 Å². The van der Waals surface area contributed by atoms with Crippen molar-refractivity contribution in [2.75, 3.05) is 31.5 Å². The second-order valence-electron chi connectivity index (χ2n) is 7.47. The van der Waals surface area contributed by atoms with E-state index in [0.29, 0.717) is 25.4 Å². The molecule has 3 rings (SSSR count). The molecule has 2 N–H and O–H groups in total. The maximum absolute atomic E-state index is 12.1. The molecular weight excluding hydrogens is 312 g/mol. The average molecular weight is 345 g/mol. The number of amides is 1. The van der Waals surface area contributed by atoms with E-state index in [0.717, 1.165) is 11.9 Å². The number of pyridine rings is 1. The van der Waals surface area contributed by atoms with Crippen molar-refractivity contribution < 1.29 is 4.79 Å². The minimum Gasteiger partial charge on any atom is -0.368 e. The van der Waals surface area contributed by atoms with Crippen molar-refractivity contribution in [1.29, 1.82) is 0 Å². The predicted molar refractivity (Wildman–Crippen MR) is 102 cm³/mol. The molecule has 1 saturated heterocycles. The van der Waals surface area contributed by atoms with Crippen molar-refractivity contribution in [3.63, 3.8) is 0 Å². The first kappa shape index (κ1) is 18.2. The van der Waals surface area contributed by atoms with Crippen LogP contribution in [-0.2, 0) is 4.79 Å². The van der Waals surface area contributed by atoms with E-state index < -0.39 is 0 Å². The van der Waals surface area contributed by atoms with Crippen LogP contribution in [0.15, 0.2) is 24.4 Å². The van der Waals surface area contributed by atoms with Crippen molar-refractivity contribution >= 4 is 11.7 Å². The quantitative estimate of drug-likeness (QED) is 0.747. The monoisotopic (exact) mass is 344 g/mol. The third-order valence-electron chi connectivity index (χ3n) is 5.63. The van der Waals surface area contributed by atoms with Crippen LogP contribution < -0.4 is 10.6 Å². The van der Waals surface area contributed by atoms with Crippen LogP contribution in [0.5, 0.6) is 0 Å². The molecule has 1 aliphatic heterocycles. The molecule has 0 aromatic carbocycles. The largest absolute Gasteiger partial charge is 0.368 e. The number of likely N-dealkylation sites (tertiary alicyclic amines) is 1. The second-order valence-corrected chi connectivity index (χ2v) is 7.47. The van der Waals surface area contributed by atoms with Gasteiger partial charge in [0.05, 0.1) is 0 Å². The maximum atomic E-state index is 12.1. The van der Waals surface area contributed by atoms with E-state index in [9.17, 15) is 4.79 Å². The minimum atomic E-state index is 0.193. The smallest absolute Gasteiger partial charge is 0.220 e. The highest BCUT2D eigenvalue weighted by atomic mass is 16.1. The van der Waals surface area contributed by atoms with Crippen LogP contribution in [0.1, 0.15) is 51.4 Å². The molecule has 2 fully saturated rings. The van der Waals surface area contributed by atoms with Gasteiger partial charge in [-0.3, -0.25) is 4.79 Å². The van der Waals surface area contributed by atoms with E-state index in [1.54, 1.807) is 6.20 Å². The van der Waals surface area contributed by atoms with Gasteiger partial charge in [-0.1, -0.05) is 25.3 Å². The van der Waals surface area contributed by atoms with Crippen molar-refractivity contribution in [3.8, 4) is 0 Å². The number of hydrogen-bond acceptors (Lipinski definition) is 4. The summed E-state index contributed by atoms with van der Waals surface area (Å²) in [7, 11) is 0. The average Bonchev–Trinajstić information content (AvgIpc) is 2.67. The molecule has 1 aromatic rings. The second kappa shape index (κ2) is 9.76. The summed E-state index contributed by atoms with van der Waals surface area (Å²) in [5.41, 5.74) is 0. The molecular formula is C20H32N4O. The number of nitrogens with one attached hydrogen (secondary N) is 2. The number of piperidine rings is 1. The molecule has 1 aliphatic carbocycles. The molecule has 0 spiro atoms. The number of aromatic nitrogens is 1. The lowest BCUT2D eigenvalue weighted by atomic mass is 9.89. The lowest BCUT2D eigenvalue weighted by Gasteiger charge is -2.39. The summed E-state index contributed by atoms with van der Waals surface area (Å²) in [6.45, 7) is 3.73. The Kier molecular flexibility index (Phi) is 7.10. The van der Waals surface area contributed by atoms with Crippen molar-refractivity contribution in [2.45, 2.75) is 57.4 Å². The Hall–Kier alpha value is -1.62. The molecule has 1 amide bonds. The summed E-state index contributed by atoms with van der Waals surface area (Å²) in [4.78, 5) is 19.0. The summed E-state index contributed by atoms with van der Waals surface area (Å²) in [5.74, 6) is 1.61. The molecule has 0 radical (unpaired) electrons. The zero-order chi connectivity index (χ0) is 17.3. The Morgan fingerprint density at radius 3 is 2.60 bits per heavy atom. The van der Waals surface area contributed by atoms with Crippen LogP contribution >= 0.6 is 0 Å². The number of carbonyl (C=O) groups is 1. The molecule has 138 valence electrons. The van der Waals surface area contributed by atoms with Crippen molar-refractivity contribution in [1.82, 2.24) is 15.2 Å². The van der Waals surface area contributed by atoms with Crippen LogP contribution in [-0.4, -0.2) is 48.0 Å². The normalized spacial score (nSPS) is 20.3. The predicted octanol–water partition coefficient (Wildman–Crippen LogP) is 3.04. The molecule has 0 unspecified atom stereocenters. The Labute approximate surface area is 151 Å². The summed E-state index contributed by atoms with van der Waals surface area (Å²) in [6.07, 6.45) is 11.8. The summed E-state index contributed by atoms with van der Waals surface area (Å²) >= 11 is 0. The van der Waals surface area contributed by atoms with Crippen molar-refractivity contribution in [2.24, 2.45) is 5.92 Å². The Morgan fingerprint density at radius 2 is 1.88 bits per heavy atom. The molecule has 1 saturated carbocycles. The fourth-order valence-corrected chi connectivity index (χ4v) is 4.16. The fraction of sp³-hybridized carbons (Fsp3) is 0.700. The van der Waals surface area contributed by atoms with Crippen LogP contribution in [0, 0.1) is 5.92 Å². The van der Waals surface area contributed by atoms with Gasteiger partial charge in [-0.15, -0.1) is 0 Å². The zero-order valence-corrected chi connectivity index (χ0v) is 15.3. The van der Waals surface area contributed by atoms with Gasteiger partial charge in [0, 0.05) is 31.7 Å². The van der Waals surface area contributed by atoms with E-state index in [4.69, 9.17) is 0 Å². The van der Waals surface area contributed by atoms with Crippen LogP contribution in [0.2, 0.25) is 0 Å². The van der Waals surface area contributed by atoms with E-state index in [1.807, 2.05) is 18.2 Å². The molecule has 2 aliphatic rings. The van der Waals surface area contributed by atoms with Gasteiger partial charge in [0.25, 0.3) is 0 Å². The Bertz CT molecular complexity index is 508. The van der Waals surface area contributed by atoms with Gasteiger partial charge >= 0.3 is 0 Å². The molecule has 1 aromatic heterocycles. The number of nitrogens with zero attached hydrogens (tertiary/aromatic N) is 2. The lowest BCUT2D eigenvalue weighted by molar-refractivity contribution is -0.122. The molecule has 0 bridgehead atoms. The number of hydrogen-bond donors (Lipinski definition) is 2. The lowest BCUT2D eigenvalue weighted by Crippen LogP contribution is -2.43. The molecule has 2 heterocycles. The highest BCUT2D eigenvalue weighted by molar-refractivity contribution is 5.76. The van der Waals surface area contributed by atoms with Crippen LogP contribution in [0.25, 0.3) is 0 Å². The number of carbonyl (C=O) groups excluding carboxylic acids is 1. The van der Waals surface area contributed by atoms with E-state index in [1.165, 1.54) is 58.0 Å². The number of rotatable bonds is 7. The summed E-state index contributed by atoms with van der Waals surface area (Å²) in [6, 6.07) is 6.60. The Morgan fingerprint density at radius 1 is 1.08 bits per heavy atom. The van der Waals surface area contributed by atoms with E-state index in [2.05, 4.69) is 20.5 Å². The first-order valence-electron chi connectivity index (χ1n) is 9.97. The molecule has 5 nitrogen and oxygen atoms in total. The van der Waals surface area contributed by atoms with Crippen LogP contribution in [0.3, 0.4) is 0 Å². The SMILES string of the molecule is O=C(CC1CCN(C2CCCCC2)CC1)NCCNc1ccccn1. The molecule has 25 heavy (non-hydrogen) atoms. The topological polar surface area (TPSA) is 57.3 Å². The standard InChI is InChI=1S/C20H32N4O/c25-20(23-13-12-22-19-8-4-5-11-21-19)16-17-9-14-24(15-10-17)18-6-2-1-3-7-18/h4-5,8,11,17-18H,1-3,6-7,9-10,12-16H2,(H,21,22)(H,23,25). The summed E-state index contributed by atoms with van der Waals surface area (Å²) in [5, 5.41) is 6.25. The zero-order valence-electron chi connectivity index (χ0n) is 15.3. The first-order valence-corrected chi connectivity index (χ1v) is 9.97. The van der Waals surface area contributed by atoms with Gasteiger partial charge in [-0.05, 0) is 56.8 Å². The van der Waals surface area contributed by atoms with Gasteiger partial charge < -0.3 is 15.5 Å². The van der Waals surface area contributed by atoms with Gasteiger partial charge in [0.2, 0.25) is 5.91 Å². The fourth-order valence-electron chi connectivity index (χ4n) is 4.16. The van der Waals surface area contributed by atoms with Gasteiger partial charge in [0.1, 0.15) is 5.82 Å². The van der Waals surface area contributed by atoms with E-state index in [-0.39, 0.29) is 5.91 Å². The van der Waals surface area contributed by atoms with Gasteiger partial charge in [-0.25, -0.2) is 4.98 Å². The number of anilines is 1. The first-order chi connectivity index (χ1) is 12.3. The molecule has 5 heteroatoms. The maximum Gasteiger partial charge on any atom is 0.220 e.